The molecular formula is C33H50N2. The van der Waals surface area contributed by atoms with Gasteiger partial charge >= 0.3 is 0 Å². The van der Waals surface area contributed by atoms with Crippen LogP contribution in [0.15, 0.2) is 49.3 Å². The van der Waals surface area contributed by atoms with E-state index in [1.54, 1.807) is 0 Å². The number of nitrogens with zero attached hydrogens (tertiary/aromatic N) is 2. The number of rotatable bonds is 17. The molecule has 2 aromatic rings. The van der Waals surface area contributed by atoms with Crippen LogP contribution in [-0.2, 0) is 6.42 Å². The van der Waals surface area contributed by atoms with Gasteiger partial charge in [0.2, 0.25) is 0 Å². The summed E-state index contributed by atoms with van der Waals surface area (Å²) in [7, 11) is 0. The molecule has 0 bridgehead atoms. The van der Waals surface area contributed by atoms with Crippen molar-refractivity contribution in [1.82, 2.24) is 9.97 Å². The monoisotopic (exact) mass is 474 g/mol. The Morgan fingerprint density at radius 1 is 0.771 bits per heavy atom. The lowest BCUT2D eigenvalue weighted by molar-refractivity contribution is 0.302. The first kappa shape index (κ1) is 27.6. The van der Waals surface area contributed by atoms with Crippen LogP contribution in [0.5, 0.6) is 0 Å². The van der Waals surface area contributed by atoms with E-state index in [9.17, 15) is 0 Å². The number of benzene rings is 1. The molecule has 1 aromatic carbocycles. The van der Waals surface area contributed by atoms with Crippen molar-refractivity contribution in [3.63, 3.8) is 0 Å². The molecule has 3 rings (SSSR count). The predicted molar refractivity (Wildman–Crippen MR) is 152 cm³/mol. The largest absolute Gasteiger partial charge is 0.236 e. The van der Waals surface area contributed by atoms with Gasteiger partial charge in [0.25, 0.3) is 0 Å². The molecule has 0 radical (unpaired) electrons. The zero-order chi connectivity index (χ0) is 24.6. The molecule has 1 aliphatic carbocycles. The van der Waals surface area contributed by atoms with Crippen LogP contribution in [-0.4, -0.2) is 9.97 Å². The summed E-state index contributed by atoms with van der Waals surface area (Å²) < 4.78 is 0. The molecule has 1 aliphatic rings. The van der Waals surface area contributed by atoms with Crippen LogP contribution >= 0.6 is 0 Å². The lowest BCUT2D eigenvalue weighted by Gasteiger charge is -2.29. The second-order valence-corrected chi connectivity index (χ2v) is 10.9. The van der Waals surface area contributed by atoms with E-state index in [1.807, 2.05) is 12.4 Å². The highest BCUT2D eigenvalue weighted by Gasteiger charge is 2.22. The average Bonchev–Trinajstić information content (AvgIpc) is 2.91. The maximum Gasteiger partial charge on any atom is 0.159 e. The highest BCUT2D eigenvalue weighted by atomic mass is 14.9. The summed E-state index contributed by atoms with van der Waals surface area (Å²) in [6.07, 6.45) is 30.3. The Hall–Kier alpha value is -1.96. The summed E-state index contributed by atoms with van der Waals surface area (Å²) in [5.74, 6) is 2.55. The molecule has 2 heteroatoms. The minimum Gasteiger partial charge on any atom is -0.236 e. The third-order valence-electron chi connectivity index (χ3n) is 8.03. The Bertz CT molecular complexity index is 800. The molecule has 0 aliphatic heterocycles. The summed E-state index contributed by atoms with van der Waals surface area (Å²) in [5.41, 5.74) is 3.92. The van der Waals surface area contributed by atoms with E-state index in [1.165, 1.54) is 120 Å². The minimum absolute atomic E-state index is 0.734. The zero-order valence-corrected chi connectivity index (χ0v) is 22.5. The van der Waals surface area contributed by atoms with E-state index in [-0.39, 0.29) is 0 Å². The number of hydrogen-bond donors (Lipinski definition) is 0. The smallest absolute Gasteiger partial charge is 0.159 e. The summed E-state index contributed by atoms with van der Waals surface area (Å²) in [6, 6.07) is 9.12. The molecule has 1 fully saturated rings. The van der Waals surface area contributed by atoms with Gasteiger partial charge in [-0.15, -0.1) is 6.58 Å². The Kier molecular flexibility index (Phi) is 13.2. The molecule has 0 N–H and O–H groups in total. The van der Waals surface area contributed by atoms with E-state index in [0.717, 1.165) is 29.6 Å². The first-order valence-electron chi connectivity index (χ1n) is 14.8. The molecule has 0 unspecified atom stereocenters. The molecule has 0 saturated heterocycles. The van der Waals surface area contributed by atoms with Gasteiger partial charge in [0.1, 0.15) is 0 Å². The Labute approximate surface area is 216 Å². The van der Waals surface area contributed by atoms with Crippen LogP contribution < -0.4 is 0 Å². The first-order chi connectivity index (χ1) is 17.3. The number of hydrogen-bond acceptors (Lipinski definition) is 2. The third kappa shape index (κ3) is 10.3. The van der Waals surface area contributed by atoms with Crippen molar-refractivity contribution in [1.29, 1.82) is 0 Å². The number of unbranched alkanes of at least 4 members (excludes halogenated alkanes) is 10. The molecule has 2 nitrogen and oxygen atoms in total. The van der Waals surface area contributed by atoms with E-state index in [4.69, 9.17) is 0 Å². The normalized spacial score (nSPS) is 18.0. The second-order valence-electron chi connectivity index (χ2n) is 10.9. The maximum atomic E-state index is 4.68. The molecule has 35 heavy (non-hydrogen) atoms. The summed E-state index contributed by atoms with van der Waals surface area (Å²) in [6.45, 7) is 6.10. The predicted octanol–water partition coefficient (Wildman–Crippen LogP) is 10.2. The fourth-order valence-electron chi connectivity index (χ4n) is 5.68. The molecular weight excluding hydrogens is 424 g/mol. The number of allylic oxidation sites excluding steroid dienone is 1. The van der Waals surface area contributed by atoms with Crippen LogP contribution in [0.3, 0.4) is 0 Å². The fraction of sp³-hybridized carbons (Fsp3) is 0.636. The van der Waals surface area contributed by atoms with Crippen molar-refractivity contribution in [2.24, 2.45) is 5.92 Å². The van der Waals surface area contributed by atoms with Gasteiger partial charge in [-0.3, -0.25) is 0 Å². The van der Waals surface area contributed by atoms with Crippen LogP contribution in [0.2, 0.25) is 0 Å². The van der Waals surface area contributed by atoms with Gasteiger partial charge in [0.05, 0.1) is 0 Å². The Balaban J connectivity index is 1.35. The number of aromatic nitrogens is 2. The number of aryl methyl sites for hydroxylation is 1. The quantitative estimate of drug-likeness (QED) is 0.168. The summed E-state index contributed by atoms with van der Waals surface area (Å²) in [4.78, 5) is 9.35. The second kappa shape index (κ2) is 16.7. The molecule has 0 atom stereocenters. The van der Waals surface area contributed by atoms with Crippen LogP contribution in [0.25, 0.3) is 11.4 Å². The molecule has 1 heterocycles. The zero-order valence-electron chi connectivity index (χ0n) is 22.5. The van der Waals surface area contributed by atoms with Gasteiger partial charge in [-0.1, -0.05) is 101 Å². The fourth-order valence-corrected chi connectivity index (χ4v) is 5.68. The standard InChI is InChI=1S/C33H50N2/c1-3-5-7-9-11-13-15-17-29-26-34-33(35-27-29)32-24-22-31(23-25-32)30-20-18-28(19-21-30)16-14-12-10-8-6-4-2/h4,22-28,30H,2-3,5-21H2,1H3. The highest BCUT2D eigenvalue weighted by Crippen LogP contribution is 2.38. The van der Waals surface area contributed by atoms with Gasteiger partial charge in [-0.05, 0) is 74.3 Å². The van der Waals surface area contributed by atoms with Crippen molar-refractivity contribution in [3.8, 4) is 11.4 Å². The van der Waals surface area contributed by atoms with E-state index in [0.29, 0.717) is 0 Å². The molecule has 1 aromatic heterocycles. The van der Waals surface area contributed by atoms with E-state index in [2.05, 4.69) is 53.8 Å². The molecule has 0 spiro atoms. The summed E-state index contributed by atoms with van der Waals surface area (Å²) in [5, 5.41) is 0. The van der Waals surface area contributed by atoms with Crippen LogP contribution in [0.1, 0.15) is 133 Å². The maximum absolute atomic E-state index is 4.68. The van der Waals surface area contributed by atoms with Gasteiger partial charge < -0.3 is 0 Å². The summed E-state index contributed by atoms with van der Waals surface area (Å²) >= 11 is 0. The van der Waals surface area contributed by atoms with Gasteiger partial charge in [0, 0.05) is 18.0 Å². The Morgan fingerprint density at radius 2 is 1.40 bits per heavy atom. The third-order valence-corrected chi connectivity index (χ3v) is 8.03. The first-order valence-corrected chi connectivity index (χ1v) is 14.8. The molecule has 0 amide bonds. The van der Waals surface area contributed by atoms with Gasteiger partial charge in [-0.2, -0.15) is 0 Å². The van der Waals surface area contributed by atoms with Gasteiger partial charge in [0.15, 0.2) is 5.82 Å². The highest BCUT2D eigenvalue weighted by molar-refractivity contribution is 5.55. The topological polar surface area (TPSA) is 25.8 Å². The van der Waals surface area contributed by atoms with Crippen LogP contribution in [0, 0.1) is 5.92 Å². The Morgan fingerprint density at radius 3 is 2.09 bits per heavy atom. The van der Waals surface area contributed by atoms with Crippen LogP contribution in [0.4, 0.5) is 0 Å². The SMILES string of the molecule is C=CCCCCCCC1CCC(c2ccc(-c3ncc(CCCCCCCCC)cn3)cc2)CC1. The van der Waals surface area contributed by atoms with Gasteiger partial charge in [-0.25, -0.2) is 9.97 Å². The lowest BCUT2D eigenvalue weighted by Crippen LogP contribution is -2.13. The van der Waals surface area contributed by atoms with Crippen molar-refractivity contribution >= 4 is 0 Å². The van der Waals surface area contributed by atoms with E-state index < -0.39 is 0 Å². The van der Waals surface area contributed by atoms with Crippen molar-refractivity contribution in [3.05, 3.63) is 60.4 Å². The molecule has 1 saturated carbocycles. The van der Waals surface area contributed by atoms with E-state index >= 15 is 0 Å². The van der Waals surface area contributed by atoms with Crippen molar-refractivity contribution < 1.29 is 0 Å². The average molecular weight is 475 g/mol. The minimum atomic E-state index is 0.734. The lowest BCUT2D eigenvalue weighted by atomic mass is 9.77. The molecule has 192 valence electrons. The van der Waals surface area contributed by atoms with Crippen molar-refractivity contribution in [2.45, 2.75) is 128 Å². The van der Waals surface area contributed by atoms with Crippen molar-refractivity contribution in [2.75, 3.05) is 0 Å².